The average molecular weight is 504 g/mol. The van der Waals surface area contributed by atoms with E-state index in [1.807, 2.05) is 18.2 Å². The molecule has 1 N–H and O–H groups in total. The minimum atomic E-state index is -0.0811. The highest BCUT2D eigenvalue weighted by Gasteiger charge is 2.11. The molecule has 4 rings (SSSR count). The Morgan fingerprint density at radius 3 is 2.67 bits per heavy atom. The van der Waals surface area contributed by atoms with Crippen molar-refractivity contribution in [3.05, 3.63) is 94.3 Å². The van der Waals surface area contributed by atoms with Crippen molar-refractivity contribution in [1.82, 2.24) is 14.9 Å². The molecule has 0 aliphatic heterocycles. The van der Waals surface area contributed by atoms with Crippen LogP contribution in [0.1, 0.15) is 53.0 Å². The van der Waals surface area contributed by atoms with E-state index in [9.17, 15) is 4.79 Å². The molecule has 0 fully saturated rings. The summed E-state index contributed by atoms with van der Waals surface area (Å²) in [5.74, 6) is 2.00. The SMILES string of the molecule is Cc1cccc(OCCCn2c(CCCCCNC(=O)c3cccc(Cl)c3)nc3ccccc32)c1C. The van der Waals surface area contributed by atoms with Crippen molar-refractivity contribution in [2.45, 2.75) is 52.5 Å². The average Bonchev–Trinajstić information content (AvgIpc) is 3.23. The number of para-hydroxylation sites is 2. The smallest absolute Gasteiger partial charge is 0.251 e. The fraction of sp³-hybridized carbons (Fsp3) is 0.333. The number of ether oxygens (including phenoxy) is 1. The maximum Gasteiger partial charge on any atom is 0.251 e. The summed E-state index contributed by atoms with van der Waals surface area (Å²) in [6.07, 6.45) is 4.80. The molecule has 6 heteroatoms. The lowest BCUT2D eigenvalue weighted by Gasteiger charge is -2.13. The van der Waals surface area contributed by atoms with Gasteiger partial charge in [0.2, 0.25) is 0 Å². The van der Waals surface area contributed by atoms with Gasteiger partial charge in [-0.05, 0) is 80.6 Å². The first-order valence-electron chi connectivity index (χ1n) is 12.7. The van der Waals surface area contributed by atoms with Gasteiger partial charge in [-0.1, -0.05) is 48.4 Å². The molecule has 0 saturated carbocycles. The predicted molar refractivity (Wildman–Crippen MR) is 147 cm³/mol. The number of benzene rings is 3. The number of imidazole rings is 1. The van der Waals surface area contributed by atoms with Gasteiger partial charge in [-0.25, -0.2) is 4.98 Å². The van der Waals surface area contributed by atoms with E-state index in [0.717, 1.165) is 55.7 Å². The van der Waals surface area contributed by atoms with Crippen LogP contribution >= 0.6 is 11.6 Å². The summed E-state index contributed by atoms with van der Waals surface area (Å²) >= 11 is 5.98. The van der Waals surface area contributed by atoms with E-state index in [4.69, 9.17) is 21.3 Å². The van der Waals surface area contributed by atoms with Crippen LogP contribution in [0.2, 0.25) is 5.02 Å². The van der Waals surface area contributed by atoms with Crippen LogP contribution in [-0.4, -0.2) is 28.6 Å². The molecule has 0 bridgehead atoms. The number of fused-ring (bicyclic) bond motifs is 1. The molecule has 0 aliphatic rings. The van der Waals surface area contributed by atoms with E-state index in [2.05, 4.69) is 48.0 Å². The van der Waals surface area contributed by atoms with Crippen LogP contribution in [0.25, 0.3) is 11.0 Å². The maximum absolute atomic E-state index is 12.3. The van der Waals surface area contributed by atoms with E-state index in [1.165, 1.54) is 16.6 Å². The molecule has 0 spiro atoms. The molecule has 1 heterocycles. The molecule has 0 aliphatic carbocycles. The zero-order chi connectivity index (χ0) is 25.3. The van der Waals surface area contributed by atoms with Crippen molar-refractivity contribution in [3.63, 3.8) is 0 Å². The Balaban J connectivity index is 1.26. The lowest BCUT2D eigenvalue weighted by molar-refractivity contribution is 0.0953. The van der Waals surface area contributed by atoms with Gasteiger partial charge in [0.05, 0.1) is 17.6 Å². The summed E-state index contributed by atoms with van der Waals surface area (Å²) < 4.78 is 8.41. The molecule has 1 amide bonds. The first-order chi connectivity index (χ1) is 17.5. The maximum atomic E-state index is 12.3. The second-order valence-corrected chi connectivity index (χ2v) is 9.58. The largest absolute Gasteiger partial charge is 0.493 e. The Kier molecular flexibility index (Phi) is 9.01. The number of hydrogen-bond acceptors (Lipinski definition) is 3. The van der Waals surface area contributed by atoms with Gasteiger partial charge in [-0.2, -0.15) is 0 Å². The van der Waals surface area contributed by atoms with Gasteiger partial charge in [0.1, 0.15) is 11.6 Å². The summed E-state index contributed by atoms with van der Waals surface area (Å²) in [7, 11) is 0. The van der Waals surface area contributed by atoms with Gasteiger partial charge in [0.15, 0.2) is 0 Å². The standard InChI is InChI=1S/C30H34ClN3O2/c1-22-11-8-16-28(23(22)2)36-20-10-19-34-27-15-6-5-14-26(27)33-29(34)17-4-3-7-18-32-30(35)24-12-9-13-25(31)21-24/h5-6,8-9,11-16,21H,3-4,7,10,17-20H2,1-2H3,(H,32,35). The third kappa shape index (κ3) is 6.67. The molecule has 0 unspecified atom stereocenters. The first kappa shape index (κ1) is 25.8. The molecule has 3 aromatic carbocycles. The van der Waals surface area contributed by atoms with E-state index in [1.54, 1.807) is 24.3 Å². The van der Waals surface area contributed by atoms with Crippen molar-refractivity contribution in [1.29, 1.82) is 0 Å². The number of halogens is 1. The third-order valence-electron chi connectivity index (χ3n) is 6.52. The number of aryl methyl sites for hydroxylation is 3. The number of nitrogens with zero attached hydrogens (tertiary/aromatic N) is 2. The predicted octanol–water partition coefficient (Wildman–Crippen LogP) is 6.92. The Morgan fingerprint density at radius 1 is 0.972 bits per heavy atom. The fourth-order valence-electron chi connectivity index (χ4n) is 4.37. The lowest BCUT2D eigenvalue weighted by atomic mass is 10.1. The molecule has 36 heavy (non-hydrogen) atoms. The van der Waals surface area contributed by atoms with Crippen LogP contribution in [0.15, 0.2) is 66.7 Å². The van der Waals surface area contributed by atoms with Crippen LogP contribution in [-0.2, 0) is 13.0 Å². The molecule has 0 radical (unpaired) electrons. The Hall–Kier alpha value is -3.31. The zero-order valence-electron chi connectivity index (χ0n) is 21.1. The molecular weight excluding hydrogens is 470 g/mol. The van der Waals surface area contributed by atoms with Crippen LogP contribution in [0.5, 0.6) is 5.75 Å². The van der Waals surface area contributed by atoms with Crippen molar-refractivity contribution in [2.75, 3.05) is 13.2 Å². The molecule has 188 valence electrons. The summed E-state index contributed by atoms with van der Waals surface area (Å²) in [5.41, 5.74) is 5.26. The van der Waals surface area contributed by atoms with Crippen molar-refractivity contribution >= 4 is 28.5 Å². The van der Waals surface area contributed by atoms with Gasteiger partial charge in [-0.15, -0.1) is 0 Å². The number of carbonyl (C=O) groups excluding carboxylic acids is 1. The van der Waals surface area contributed by atoms with Gasteiger partial charge < -0.3 is 14.6 Å². The second-order valence-electron chi connectivity index (χ2n) is 9.15. The Labute approximate surface area is 218 Å². The molecule has 5 nitrogen and oxygen atoms in total. The van der Waals surface area contributed by atoms with Gasteiger partial charge in [0, 0.05) is 30.1 Å². The van der Waals surface area contributed by atoms with Crippen molar-refractivity contribution in [3.8, 4) is 5.75 Å². The molecule has 4 aromatic rings. The highest BCUT2D eigenvalue weighted by Crippen LogP contribution is 2.22. The van der Waals surface area contributed by atoms with E-state index >= 15 is 0 Å². The first-order valence-corrected chi connectivity index (χ1v) is 13.1. The second kappa shape index (κ2) is 12.6. The van der Waals surface area contributed by atoms with E-state index < -0.39 is 0 Å². The third-order valence-corrected chi connectivity index (χ3v) is 6.76. The lowest BCUT2D eigenvalue weighted by Crippen LogP contribution is -2.24. The van der Waals surface area contributed by atoms with E-state index in [-0.39, 0.29) is 5.91 Å². The molecule has 0 atom stereocenters. The number of amides is 1. The number of rotatable bonds is 12. The topological polar surface area (TPSA) is 56.1 Å². The molecule has 1 aromatic heterocycles. The van der Waals surface area contributed by atoms with Crippen LogP contribution < -0.4 is 10.1 Å². The number of unbranched alkanes of at least 4 members (excludes halogenated alkanes) is 2. The highest BCUT2D eigenvalue weighted by molar-refractivity contribution is 6.30. The van der Waals surface area contributed by atoms with Crippen molar-refractivity contribution < 1.29 is 9.53 Å². The minimum absolute atomic E-state index is 0.0811. The van der Waals surface area contributed by atoms with Crippen LogP contribution in [0, 0.1) is 13.8 Å². The highest BCUT2D eigenvalue weighted by atomic mass is 35.5. The normalized spacial score (nSPS) is 11.1. The summed E-state index contributed by atoms with van der Waals surface area (Å²) in [6, 6.07) is 21.5. The summed E-state index contributed by atoms with van der Waals surface area (Å²) in [6.45, 7) is 6.41. The Bertz CT molecular complexity index is 1310. The zero-order valence-corrected chi connectivity index (χ0v) is 21.9. The Morgan fingerprint density at radius 2 is 1.81 bits per heavy atom. The number of hydrogen-bond donors (Lipinski definition) is 1. The molecule has 0 saturated heterocycles. The van der Waals surface area contributed by atoms with Gasteiger partial charge in [0.25, 0.3) is 5.91 Å². The number of nitrogens with one attached hydrogen (secondary N) is 1. The molecular formula is C30H34ClN3O2. The summed E-state index contributed by atoms with van der Waals surface area (Å²) in [4.78, 5) is 17.2. The van der Waals surface area contributed by atoms with E-state index in [0.29, 0.717) is 23.7 Å². The quantitative estimate of drug-likeness (QED) is 0.213. The minimum Gasteiger partial charge on any atom is -0.493 e. The fourth-order valence-corrected chi connectivity index (χ4v) is 4.56. The van der Waals surface area contributed by atoms with Crippen LogP contribution in [0.3, 0.4) is 0 Å². The van der Waals surface area contributed by atoms with Gasteiger partial charge in [-0.3, -0.25) is 4.79 Å². The van der Waals surface area contributed by atoms with Crippen LogP contribution in [0.4, 0.5) is 0 Å². The van der Waals surface area contributed by atoms with Crippen molar-refractivity contribution in [2.24, 2.45) is 0 Å². The monoisotopic (exact) mass is 503 g/mol. The summed E-state index contributed by atoms with van der Waals surface area (Å²) in [5, 5.41) is 3.55. The van der Waals surface area contributed by atoms with Gasteiger partial charge >= 0.3 is 0 Å². The number of carbonyl (C=O) groups is 1. The number of aromatic nitrogens is 2.